The van der Waals surface area contributed by atoms with E-state index in [9.17, 15) is 0 Å². The molecule has 1 heterocycles. The highest BCUT2D eigenvalue weighted by molar-refractivity contribution is 6.74. The number of ether oxygens (including phenoxy) is 2. The quantitative estimate of drug-likeness (QED) is 0.243. The summed E-state index contributed by atoms with van der Waals surface area (Å²) in [5.41, 5.74) is 3.50. The van der Waals surface area contributed by atoms with Gasteiger partial charge < -0.3 is 18.8 Å². The van der Waals surface area contributed by atoms with E-state index in [0.717, 1.165) is 46.9 Å². The molecule has 3 aromatic rings. The molecule has 0 spiro atoms. The van der Waals surface area contributed by atoms with E-state index in [1.807, 2.05) is 36.4 Å². The number of halogens is 1. The lowest BCUT2D eigenvalue weighted by Gasteiger charge is -2.36. The van der Waals surface area contributed by atoms with Crippen molar-refractivity contribution < 1.29 is 13.9 Å². The van der Waals surface area contributed by atoms with Crippen LogP contribution in [0.2, 0.25) is 23.3 Å². The Balaban J connectivity index is 1.92. The van der Waals surface area contributed by atoms with Crippen LogP contribution in [0.3, 0.4) is 0 Å². The summed E-state index contributed by atoms with van der Waals surface area (Å²) in [4.78, 5) is 11.0. The van der Waals surface area contributed by atoms with Crippen LogP contribution in [0.25, 0.3) is 11.0 Å². The van der Waals surface area contributed by atoms with Crippen molar-refractivity contribution in [2.45, 2.75) is 45.3 Å². The molecule has 0 atom stereocenters. The number of nitrogens with zero attached hydrogens (tertiary/aromatic N) is 3. The summed E-state index contributed by atoms with van der Waals surface area (Å²) in [6.07, 6.45) is 2.43. The standard InChI is InChI=1S/C25H34ClN3O3Si/c1-25(2,3)33(6,7)32-12-8-11-29(19-13-20(30-4)16-21(14-19)31-5)18-9-10-22-23(15-18)28-24(26)17-27-22/h9-10,13-17H,8,11-12H2,1-7H3. The molecule has 0 radical (unpaired) electrons. The van der Waals surface area contributed by atoms with Crippen molar-refractivity contribution in [1.82, 2.24) is 9.97 Å². The maximum atomic E-state index is 6.41. The van der Waals surface area contributed by atoms with Gasteiger partial charge in [-0.25, -0.2) is 4.98 Å². The summed E-state index contributed by atoms with van der Waals surface area (Å²) in [7, 11) is 1.51. The first-order valence-electron chi connectivity index (χ1n) is 11.1. The zero-order valence-corrected chi connectivity index (χ0v) is 22.4. The lowest BCUT2D eigenvalue weighted by Crippen LogP contribution is -2.41. The molecule has 0 unspecified atom stereocenters. The summed E-state index contributed by atoms with van der Waals surface area (Å²) in [5.74, 6) is 1.46. The summed E-state index contributed by atoms with van der Waals surface area (Å²) < 4.78 is 17.4. The third kappa shape index (κ3) is 6.16. The Morgan fingerprint density at radius 3 is 2.21 bits per heavy atom. The van der Waals surface area contributed by atoms with Gasteiger partial charge in [0.1, 0.15) is 16.7 Å². The summed E-state index contributed by atoms with van der Waals surface area (Å²) in [6.45, 7) is 12.8. The van der Waals surface area contributed by atoms with Crippen molar-refractivity contribution in [3.05, 3.63) is 47.7 Å². The molecule has 0 N–H and O–H groups in total. The van der Waals surface area contributed by atoms with E-state index in [4.69, 9.17) is 25.5 Å². The molecule has 0 saturated heterocycles. The second kappa shape index (κ2) is 10.3. The Morgan fingerprint density at radius 1 is 0.939 bits per heavy atom. The molecule has 8 heteroatoms. The molecule has 0 saturated carbocycles. The molecule has 6 nitrogen and oxygen atoms in total. The molecule has 0 bridgehead atoms. The van der Waals surface area contributed by atoms with Crippen molar-refractivity contribution in [1.29, 1.82) is 0 Å². The number of fused-ring (bicyclic) bond motifs is 1. The number of hydrogen-bond donors (Lipinski definition) is 0. The fourth-order valence-electron chi connectivity index (χ4n) is 3.27. The zero-order valence-electron chi connectivity index (χ0n) is 20.6. The smallest absolute Gasteiger partial charge is 0.191 e. The highest BCUT2D eigenvalue weighted by Gasteiger charge is 2.36. The third-order valence-electron chi connectivity index (χ3n) is 6.25. The fraction of sp³-hybridized carbons (Fsp3) is 0.440. The van der Waals surface area contributed by atoms with E-state index in [1.165, 1.54) is 0 Å². The van der Waals surface area contributed by atoms with Gasteiger partial charge in [-0.2, -0.15) is 0 Å². The van der Waals surface area contributed by atoms with E-state index in [2.05, 4.69) is 48.7 Å². The minimum atomic E-state index is -1.80. The minimum Gasteiger partial charge on any atom is -0.497 e. The minimum absolute atomic E-state index is 0.184. The van der Waals surface area contributed by atoms with Crippen LogP contribution in [0.15, 0.2) is 42.6 Å². The summed E-state index contributed by atoms with van der Waals surface area (Å²) >= 11 is 6.10. The molecule has 3 rings (SSSR count). The average Bonchev–Trinajstić information content (AvgIpc) is 2.77. The second-order valence-corrected chi connectivity index (χ2v) is 14.7. The fourth-order valence-corrected chi connectivity index (χ4v) is 4.49. The highest BCUT2D eigenvalue weighted by Crippen LogP contribution is 2.37. The van der Waals surface area contributed by atoms with Crippen LogP contribution >= 0.6 is 11.6 Å². The van der Waals surface area contributed by atoms with Gasteiger partial charge in [-0.15, -0.1) is 0 Å². The van der Waals surface area contributed by atoms with Gasteiger partial charge in [-0.3, -0.25) is 4.98 Å². The number of methoxy groups -OCH3 is 2. The van der Waals surface area contributed by atoms with Crippen LogP contribution in [0.5, 0.6) is 11.5 Å². The Kier molecular flexibility index (Phi) is 7.87. The second-order valence-electron chi connectivity index (χ2n) is 9.55. The molecule has 1 aromatic heterocycles. The van der Waals surface area contributed by atoms with Crippen LogP contribution in [0.1, 0.15) is 27.2 Å². The lowest BCUT2D eigenvalue weighted by molar-refractivity contribution is 0.284. The predicted molar refractivity (Wildman–Crippen MR) is 139 cm³/mol. The van der Waals surface area contributed by atoms with Gasteiger partial charge in [-0.05, 0) is 42.8 Å². The van der Waals surface area contributed by atoms with E-state index >= 15 is 0 Å². The summed E-state index contributed by atoms with van der Waals surface area (Å²) in [6, 6.07) is 11.9. The predicted octanol–water partition coefficient (Wildman–Crippen LogP) is 6.85. The Hall–Kier alpha value is -2.35. The third-order valence-corrected chi connectivity index (χ3v) is 11.0. The van der Waals surface area contributed by atoms with Crippen molar-refractivity contribution in [3.8, 4) is 11.5 Å². The van der Waals surface area contributed by atoms with Crippen LogP contribution in [-0.4, -0.2) is 45.7 Å². The average molecular weight is 488 g/mol. The Labute approximate surface area is 203 Å². The summed E-state index contributed by atoms with van der Waals surface area (Å²) in [5, 5.41) is 0.556. The number of benzene rings is 2. The van der Waals surface area contributed by atoms with Crippen molar-refractivity contribution >= 4 is 42.3 Å². The topological polar surface area (TPSA) is 56.7 Å². The number of aromatic nitrogens is 2. The number of anilines is 2. The van der Waals surface area contributed by atoms with Crippen LogP contribution in [0.4, 0.5) is 11.4 Å². The van der Waals surface area contributed by atoms with E-state index < -0.39 is 8.32 Å². The molecule has 178 valence electrons. The highest BCUT2D eigenvalue weighted by atomic mass is 35.5. The van der Waals surface area contributed by atoms with Gasteiger partial charge in [0.05, 0.1) is 31.4 Å². The van der Waals surface area contributed by atoms with Gasteiger partial charge in [0.2, 0.25) is 0 Å². The molecule has 0 aliphatic rings. The van der Waals surface area contributed by atoms with Crippen LogP contribution < -0.4 is 14.4 Å². The Morgan fingerprint density at radius 2 is 1.61 bits per heavy atom. The van der Waals surface area contributed by atoms with Crippen LogP contribution in [-0.2, 0) is 4.43 Å². The van der Waals surface area contributed by atoms with E-state index in [0.29, 0.717) is 11.8 Å². The van der Waals surface area contributed by atoms with Gasteiger partial charge in [0.25, 0.3) is 0 Å². The molecule has 33 heavy (non-hydrogen) atoms. The van der Waals surface area contributed by atoms with E-state index in [-0.39, 0.29) is 5.04 Å². The first-order chi connectivity index (χ1) is 15.5. The first-order valence-corrected chi connectivity index (χ1v) is 14.4. The van der Waals surface area contributed by atoms with Gasteiger partial charge in [0, 0.05) is 42.7 Å². The SMILES string of the molecule is COc1cc(OC)cc(N(CCCO[Si](C)(C)C(C)(C)C)c2ccc3ncc(Cl)nc3c2)c1. The monoisotopic (exact) mass is 487 g/mol. The van der Waals surface area contributed by atoms with Crippen LogP contribution in [0, 0.1) is 0 Å². The van der Waals surface area contributed by atoms with Gasteiger partial charge >= 0.3 is 0 Å². The van der Waals surface area contributed by atoms with Crippen molar-refractivity contribution in [3.63, 3.8) is 0 Å². The molecule has 0 fully saturated rings. The number of hydrogen-bond acceptors (Lipinski definition) is 6. The molecule has 0 aliphatic heterocycles. The molecular weight excluding hydrogens is 454 g/mol. The van der Waals surface area contributed by atoms with Gasteiger partial charge in [0.15, 0.2) is 8.32 Å². The molecule has 0 aliphatic carbocycles. The molecule has 0 amide bonds. The zero-order chi connectivity index (χ0) is 24.2. The molecule has 2 aromatic carbocycles. The Bertz CT molecular complexity index is 1080. The lowest BCUT2D eigenvalue weighted by atomic mass is 10.2. The largest absolute Gasteiger partial charge is 0.497 e. The van der Waals surface area contributed by atoms with Gasteiger partial charge in [-0.1, -0.05) is 32.4 Å². The first kappa shape index (κ1) is 25.3. The number of rotatable bonds is 9. The van der Waals surface area contributed by atoms with Crippen molar-refractivity contribution in [2.75, 3.05) is 32.3 Å². The van der Waals surface area contributed by atoms with E-state index in [1.54, 1.807) is 20.4 Å². The maximum absolute atomic E-state index is 6.41. The normalized spacial score (nSPS) is 12.1. The van der Waals surface area contributed by atoms with Crippen molar-refractivity contribution in [2.24, 2.45) is 0 Å². The maximum Gasteiger partial charge on any atom is 0.191 e. The molecular formula is C25H34ClN3O3Si.